The van der Waals surface area contributed by atoms with Gasteiger partial charge >= 0.3 is 0 Å². The lowest BCUT2D eigenvalue weighted by atomic mass is 10.1. The summed E-state index contributed by atoms with van der Waals surface area (Å²) in [5, 5.41) is 4.43. The number of H-pyrrole nitrogens is 1. The van der Waals surface area contributed by atoms with Gasteiger partial charge in [0.1, 0.15) is 11.4 Å². The molecule has 1 heterocycles. The van der Waals surface area contributed by atoms with Crippen molar-refractivity contribution in [2.45, 2.75) is 6.92 Å². The first-order valence-corrected chi connectivity index (χ1v) is 8.57. The van der Waals surface area contributed by atoms with Gasteiger partial charge in [0.25, 0.3) is 0 Å². The maximum atomic E-state index is 12.8. The number of hydrogen-bond acceptors (Lipinski definition) is 3. The van der Waals surface area contributed by atoms with Gasteiger partial charge in [0, 0.05) is 5.02 Å². The van der Waals surface area contributed by atoms with E-state index in [9.17, 15) is 9.59 Å². The summed E-state index contributed by atoms with van der Waals surface area (Å²) in [7, 11) is 0. The summed E-state index contributed by atoms with van der Waals surface area (Å²) in [5.41, 5.74) is 0.225. The van der Waals surface area contributed by atoms with Crippen LogP contribution >= 0.6 is 46.4 Å². The van der Waals surface area contributed by atoms with Gasteiger partial charge in [0.15, 0.2) is 5.78 Å². The zero-order chi connectivity index (χ0) is 18.3. The number of carbonyl (C=O) groups excluding carboxylic acids is 1. The van der Waals surface area contributed by atoms with Crippen LogP contribution in [0.15, 0.2) is 35.1 Å². The van der Waals surface area contributed by atoms with Gasteiger partial charge in [-0.25, -0.2) is 0 Å². The Bertz CT molecular complexity index is 1080. The highest BCUT2D eigenvalue weighted by atomic mass is 35.5. The highest BCUT2D eigenvalue weighted by Crippen LogP contribution is 2.32. The molecule has 3 aromatic rings. The van der Waals surface area contributed by atoms with E-state index >= 15 is 0 Å². The fourth-order valence-electron chi connectivity index (χ4n) is 2.48. The quantitative estimate of drug-likeness (QED) is 0.509. The summed E-state index contributed by atoms with van der Waals surface area (Å²) in [5.74, 6) is -0.245. The van der Waals surface area contributed by atoms with E-state index in [1.54, 1.807) is 24.3 Å². The highest BCUT2D eigenvalue weighted by Gasteiger charge is 2.20. The van der Waals surface area contributed by atoms with Crippen LogP contribution < -0.4 is 10.7 Å². The first-order chi connectivity index (χ1) is 11.8. The molecule has 0 saturated heterocycles. The van der Waals surface area contributed by atoms with Crippen molar-refractivity contribution in [3.8, 4) is 0 Å². The van der Waals surface area contributed by atoms with Crippen molar-refractivity contribution in [3.63, 3.8) is 0 Å². The van der Waals surface area contributed by atoms with Gasteiger partial charge in [-0.15, -0.1) is 0 Å². The van der Waals surface area contributed by atoms with E-state index in [2.05, 4.69) is 10.3 Å². The van der Waals surface area contributed by atoms with Crippen LogP contribution in [-0.2, 0) is 0 Å². The zero-order valence-electron chi connectivity index (χ0n) is 12.7. The molecule has 0 aliphatic rings. The third-order valence-electron chi connectivity index (χ3n) is 3.60. The van der Waals surface area contributed by atoms with Crippen molar-refractivity contribution in [2.24, 2.45) is 0 Å². The number of aromatic amines is 1. The second kappa shape index (κ2) is 6.89. The second-order valence-corrected chi connectivity index (χ2v) is 6.95. The van der Waals surface area contributed by atoms with Crippen LogP contribution in [0.5, 0.6) is 0 Å². The summed E-state index contributed by atoms with van der Waals surface area (Å²) in [6.07, 6.45) is 0. The number of halogens is 4. The van der Waals surface area contributed by atoms with Crippen molar-refractivity contribution in [1.82, 2.24) is 4.98 Å². The van der Waals surface area contributed by atoms with Crippen LogP contribution in [-0.4, -0.2) is 10.8 Å². The van der Waals surface area contributed by atoms with E-state index in [-0.39, 0.29) is 21.8 Å². The van der Waals surface area contributed by atoms with Crippen molar-refractivity contribution >= 4 is 74.6 Å². The Balaban J connectivity index is 2.30. The minimum absolute atomic E-state index is 0.0670. The Hall–Kier alpha value is -1.72. The molecule has 3 rings (SSSR count). The molecule has 25 heavy (non-hydrogen) atoms. The number of Topliss-reactive ketones (excluding diaryl/α,β-unsaturated/α-hetero) is 1. The van der Waals surface area contributed by atoms with E-state index in [1.807, 2.05) is 0 Å². The first kappa shape index (κ1) is 18.1. The maximum Gasteiger partial charge on any atom is 0.203 e. The lowest BCUT2D eigenvalue weighted by molar-refractivity contribution is 0.101. The SMILES string of the molecule is CC(=O)c1c(Nc2ccc(Cl)cc2Cl)[nH]c2c(Cl)ccc(Cl)c2c1=O. The van der Waals surface area contributed by atoms with Gasteiger partial charge in [-0.3, -0.25) is 9.59 Å². The Kier molecular flexibility index (Phi) is 4.98. The van der Waals surface area contributed by atoms with Gasteiger partial charge in [-0.05, 0) is 37.3 Å². The lowest BCUT2D eigenvalue weighted by Gasteiger charge is -2.14. The van der Waals surface area contributed by atoms with Gasteiger partial charge in [0.2, 0.25) is 5.43 Å². The van der Waals surface area contributed by atoms with Crippen LogP contribution in [0.4, 0.5) is 11.5 Å². The van der Waals surface area contributed by atoms with Crippen molar-refractivity contribution < 1.29 is 4.79 Å². The van der Waals surface area contributed by atoms with Crippen LogP contribution in [0.25, 0.3) is 10.9 Å². The Labute approximate surface area is 162 Å². The fourth-order valence-corrected chi connectivity index (χ4v) is 3.38. The molecule has 0 unspecified atom stereocenters. The average Bonchev–Trinajstić information content (AvgIpc) is 2.53. The molecule has 0 fully saturated rings. The van der Waals surface area contributed by atoms with Gasteiger partial charge in [-0.2, -0.15) is 0 Å². The fraction of sp³-hybridized carbons (Fsp3) is 0.0588. The summed E-state index contributed by atoms with van der Waals surface area (Å²) < 4.78 is 0. The number of ketones is 1. The number of nitrogens with one attached hydrogen (secondary N) is 2. The Morgan fingerprint density at radius 1 is 1.00 bits per heavy atom. The number of hydrogen-bond donors (Lipinski definition) is 2. The standard InChI is InChI=1S/C17H10Cl4N2O2/c1-7(24)13-16(25)14-9(19)3-4-10(20)15(14)23-17(13)22-12-5-2-8(18)6-11(12)21/h2-6H,1H3,(H2,22,23,25). The largest absolute Gasteiger partial charge is 0.340 e. The van der Waals surface area contributed by atoms with Crippen molar-refractivity contribution in [1.29, 1.82) is 0 Å². The first-order valence-electron chi connectivity index (χ1n) is 7.06. The zero-order valence-corrected chi connectivity index (χ0v) is 15.7. The topological polar surface area (TPSA) is 62.0 Å². The minimum atomic E-state index is -0.513. The predicted octanol–water partition coefficient (Wildman–Crippen LogP) is 6.09. The number of rotatable bonds is 3. The summed E-state index contributed by atoms with van der Waals surface area (Å²) in [4.78, 5) is 27.9. The van der Waals surface area contributed by atoms with E-state index < -0.39 is 11.2 Å². The molecule has 0 radical (unpaired) electrons. The molecular weight excluding hydrogens is 406 g/mol. The van der Waals surface area contributed by atoms with Gasteiger partial charge < -0.3 is 10.3 Å². The molecular formula is C17H10Cl4N2O2. The number of pyridine rings is 1. The summed E-state index contributed by atoms with van der Waals surface area (Å²) >= 11 is 24.3. The van der Waals surface area contributed by atoms with E-state index in [1.165, 1.54) is 13.0 Å². The molecule has 0 aliphatic carbocycles. The minimum Gasteiger partial charge on any atom is -0.340 e. The molecule has 0 saturated carbocycles. The number of aromatic nitrogens is 1. The van der Waals surface area contributed by atoms with Crippen molar-refractivity contribution in [3.05, 3.63) is 66.2 Å². The molecule has 4 nitrogen and oxygen atoms in total. The molecule has 8 heteroatoms. The van der Waals surface area contributed by atoms with E-state index in [4.69, 9.17) is 46.4 Å². The summed E-state index contributed by atoms with van der Waals surface area (Å²) in [6.45, 7) is 1.30. The molecule has 0 aliphatic heterocycles. The molecule has 0 atom stereocenters. The monoisotopic (exact) mass is 414 g/mol. The van der Waals surface area contributed by atoms with Crippen LogP contribution in [0.2, 0.25) is 20.1 Å². The van der Waals surface area contributed by atoms with E-state index in [0.717, 1.165) is 0 Å². The summed E-state index contributed by atoms with van der Waals surface area (Å²) in [6, 6.07) is 7.88. The molecule has 1 aromatic heterocycles. The predicted molar refractivity (Wildman–Crippen MR) is 104 cm³/mol. The normalized spacial score (nSPS) is 10.9. The lowest BCUT2D eigenvalue weighted by Crippen LogP contribution is -2.18. The third kappa shape index (κ3) is 3.35. The number of benzene rings is 2. The third-order valence-corrected chi connectivity index (χ3v) is 4.78. The second-order valence-electron chi connectivity index (χ2n) is 5.29. The number of carbonyl (C=O) groups is 1. The van der Waals surface area contributed by atoms with Crippen LogP contribution in [0.3, 0.4) is 0 Å². The van der Waals surface area contributed by atoms with Gasteiger partial charge in [0.05, 0.1) is 31.7 Å². The molecule has 0 amide bonds. The average molecular weight is 416 g/mol. The van der Waals surface area contributed by atoms with E-state index in [0.29, 0.717) is 26.3 Å². The molecule has 0 bridgehead atoms. The Morgan fingerprint density at radius 3 is 2.32 bits per heavy atom. The molecule has 2 aromatic carbocycles. The maximum absolute atomic E-state index is 12.8. The highest BCUT2D eigenvalue weighted by molar-refractivity contribution is 6.40. The molecule has 2 N–H and O–H groups in total. The van der Waals surface area contributed by atoms with Crippen LogP contribution in [0, 0.1) is 0 Å². The van der Waals surface area contributed by atoms with Crippen LogP contribution in [0.1, 0.15) is 17.3 Å². The molecule has 128 valence electrons. The Morgan fingerprint density at radius 2 is 1.68 bits per heavy atom. The number of anilines is 2. The smallest absolute Gasteiger partial charge is 0.203 e. The van der Waals surface area contributed by atoms with Gasteiger partial charge in [-0.1, -0.05) is 46.4 Å². The number of fused-ring (bicyclic) bond motifs is 1. The van der Waals surface area contributed by atoms with Crippen molar-refractivity contribution in [2.75, 3.05) is 5.32 Å². The molecule has 0 spiro atoms.